The Balaban J connectivity index is 0.000000588. The zero-order valence-corrected chi connectivity index (χ0v) is 20.0. The zero-order chi connectivity index (χ0) is 25.0. The minimum absolute atomic E-state index is 0.0278. The first kappa shape index (κ1) is 25.0. The number of nitrogens with one attached hydrogen (secondary N) is 1. The van der Waals surface area contributed by atoms with Gasteiger partial charge in [-0.1, -0.05) is 6.92 Å². The molecule has 1 atom stereocenters. The average Bonchev–Trinajstić information content (AvgIpc) is 3.34. The number of aromatic nitrogens is 4. The summed E-state index contributed by atoms with van der Waals surface area (Å²) in [5.74, 6) is 0.690. The van der Waals surface area contributed by atoms with E-state index < -0.39 is 6.43 Å². The standard InChI is InChI=1S/C20H24N8O.C3H6F2/c1-11(2)22-14-5-6-15(23-12(14)3)13-7-10-28-17(13)18(21)25-20(26-28)24-16-8-9-27(4)19(16)29;1-2-3(4)5/h5-7,10,16H,8-9H2,1-4H3,(H3,21,24,25,26);3H,2H2,1H3. The molecular weight excluding hydrogens is 442 g/mol. The summed E-state index contributed by atoms with van der Waals surface area (Å²) in [4.78, 5) is 27.4. The topological polar surface area (TPSA) is 114 Å². The minimum atomic E-state index is -2.12. The molecule has 1 aliphatic rings. The highest BCUT2D eigenvalue weighted by molar-refractivity contribution is 5.88. The van der Waals surface area contributed by atoms with Crippen molar-refractivity contribution in [2.45, 2.75) is 53.0 Å². The molecule has 4 rings (SSSR count). The van der Waals surface area contributed by atoms with Crippen LogP contribution in [0.4, 0.5) is 26.2 Å². The number of aliphatic imine (C=N–C) groups is 1. The summed E-state index contributed by atoms with van der Waals surface area (Å²) < 4.78 is 23.2. The number of rotatable bonds is 5. The molecule has 1 amide bonds. The number of fused-ring (bicyclic) bond motifs is 1. The third-order valence-corrected chi connectivity index (χ3v) is 5.26. The second kappa shape index (κ2) is 10.5. The normalized spacial score (nSPS) is 15.5. The van der Waals surface area contributed by atoms with Crippen LogP contribution in [-0.2, 0) is 4.79 Å². The first-order valence-corrected chi connectivity index (χ1v) is 11.0. The fraction of sp³-hybridized carbons (Fsp3) is 0.435. The number of nitrogens with two attached hydrogens (primary N) is 1. The number of aryl methyl sites for hydroxylation is 1. The van der Waals surface area contributed by atoms with Gasteiger partial charge in [-0.25, -0.2) is 13.3 Å². The van der Waals surface area contributed by atoms with Crippen molar-refractivity contribution in [1.29, 1.82) is 0 Å². The van der Waals surface area contributed by atoms with Crippen molar-refractivity contribution in [2.24, 2.45) is 4.99 Å². The molecule has 1 saturated heterocycles. The predicted molar refractivity (Wildman–Crippen MR) is 130 cm³/mol. The van der Waals surface area contributed by atoms with E-state index in [0.717, 1.165) is 28.4 Å². The van der Waals surface area contributed by atoms with Gasteiger partial charge in [0, 0.05) is 37.5 Å². The molecule has 9 nitrogen and oxygen atoms in total. The van der Waals surface area contributed by atoms with E-state index in [4.69, 9.17) is 5.73 Å². The fourth-order valence-corrected chi connectivity index (χ4v) is 3.49. The first-order chi connectivity index (χ1) is 16.1. The Bertz CT molecular complexity index is 1200. The Labute approximate surface area is 197 Å². The SMILES string of the molecule is CC(C)=Nc1ccc(-c2ccn3nc(NC4CCN(C)C4=O)nc(N)c23)nc1C.CCC(F)F. The number of carbonyl (C=O) groups excluding carboxylic acids is 1. The van der Waals surface area contributed by atoms with Crippen molar-refractivity contribution < 1.29 is 13.6 Å². The minimum Gasteiger partial charge on any atom is -0.382 e. The van der Waals surface area contributed by atoms with Crippen LogP contribution in [0.2, 0.25) is 0 Å². The third kappa shape index (κ3) is 5.64. The smallest absolute Gasteiger partial charge is 0.244 e. The summed E-state index contributed by atoms with van der Waals surface area (Å²) in [6.07, 6.45) is 0.383. The fourth-order valence-electron chi connectivity index (χ4n) is 3.49. The number of amides is 1. The number of alkyl halides is 2. The molecule has 0 aliphatic carbocycles. The maximum absolute atomic E-state index is 12.1. The van der Waals surface area contributed by atoms with Gasteiger partial charge in [0.1, 0.15) is 11.6 Å². The van der Waals surface area contributed by atoms with Crippen molar-refractivity contribution in [2.75, 3.05) is 24.6 Å². The van der Waals surface area contributed by atoms with Crippen LogP contribution in [0.15, 0.2) is 29.4 Å². The second-order valence-electron chi connectivity index (χ2n) is 8.25. The van der Waals surface area contributed by atoms with Gasteiger partial charge in [0.05, 0.1) is 17.1 Å². The van der Waals surface area contributed by atoms with Crippen molar-refractivity contribution in [3.05, 3.63) is 30.1 Å². The van der Waals surface area contributed by atoms with Crippen LogP contribution >= 0.6 is 0 Å². The number of pyridine rings is 1. The van der Waals surface area contributed by atoms with Gasteiger partial charge in [0.25, 0.3) is 0 Å². The van der Waals surface area contributed by atoms with Crippen molar-refractivity contribution in [3.8, 4) is 11.3 Å². The van der Waals surface area contributed by atoms with Gasteiger partial charge in [-0.2, -0.15) is 4.98 Å². The van der Waals surface area contributed by atoms with Crippen molar-refractivity contribution in [1.82, 2.24) is 24.5 Å². The van der Waals surface area contributed by atoms with Gasteiger partial charge in [-0.15, -0.1) is 5.10 Å². The molecule has 182 valence electrons. The van der Waals surface area contributed by atoms with Crippen molar-refractivity contribution in [3.63, 3.8) is 0 Å². The van der Waals surface area contributed by atoms with Crippen LogP contribution in [0.3, 0.4) is 0 Å². The molecule has 0 saturated carbocycles. The van der Waals surface area contributed by atoms with Gasteiger partial charge in [-0.05, 0) is 45.4 Å². The molecule has 3 aromatic heterocycles. The largest absolute Gasteiger partial charge is 0.382 e. The number of likely N-dealkylation sites (tertiary alicyclic amines) is 1. The van der Waals surface area contributed by atoms with E-state index in [-0.39, 0.29) is 18.4 Å². The Morgan fingerprint density at radius 3 is 2.56 bits per heavy atom. The van der Waals surface area contributed by atoms with E-state index in [9.17, 15) is 13.6 Å². The number of carbonyl (C=O) groups is 1. The lowest BCUT2D eigenvalue weighted by Crippen LogP contribution is -2.31. The molecule has 0 radical (unpaired) electrons. The molecule has 3 aromatic rings. The molecular formula is C23H30F2N8O. The predicted octanol–water partition coefficient (Wildman–Crippen LogP) is 4.10. The number of nitrogen functional groups attached to an aromatic ring is 1. The summed E-state index contributed by atoms with van der Waals surface area (Å²) in [7, 11) is 1.79. The summed E-state index contributed by atoms with van der Waals surface area (Å²) in [5.41, 5.74) is 11.2. The van der Waals surface area contributed by atoms with Gasteiger partial charge in [0.2, 0.25) is 18.3 Å². The van der Waals surface area contributed by atoms with E-state index in [2.05, 4.69) is 25.4 Å². The molecule has 4 heterocycles. The maximum atomic E-state index is 12.1. The van der Waals surface area contributed by atoms with E-state index in [1.54, 1.807) is 16.5 Å². The highest BCUT2D eigenvalue weighted by Crippen LogP contribution is 2.30. The van der Waals surface area contributed by atoms with E-state index in [1.165, 1.54) is 6.92 Å². The number of nitrogens with zero attached hydrogens (tertiary/aromatic N) is 6. The zero-order valence-electron chi connectivity index (χ0n) is 20.0. The lowest BCUT2D eigenvalue weighted by Gasteiger charge is -2.13. The molecule has 1 unspecified atom stereocenters. The van der Waals surface area contributed by atoms with Crippen LogP contribution < -0.4 is 11.1 Å². The Morgan fingerprint density at radius 1 is 1.29 bits per heavy atom. The van der Waals surface area contributed by atoms with E-state index >= 15 is 0 Å². The molecule has 0 aromatic carbocycles. The number of likely N-dealkylation sites (N-methyl/N-ethyl adjacent to an activating group) is 1. The summed E-state index contributed by atoms with van der Waals surface area (Å²) in [6.45, 7) is 8.00. The highest BCUT2D eigenvalue weighted by Gasteiger charge is 2.29. The summed E-state index contributed by atoms with van der Waals surface area (Å²) in [5, 5.41) is 7.57. The van der Waals surface area contributed by atoms with Crippen LogP contribution in [0.25, 0.3) is 16.8 Å². The van der Waals surface area contributed by atoms with Crippen molar-refractivity contribution >= 4 is 34.6 Å². The highest BCUT2D eigenvalue weighted by atomic mass is 19.3. The van der Waals surface area contributed by atoms with Gasteiger partial charge < -0.3 is 16.0 Å². The number of halogens is 2. The summed E-state index contributed by atoms with van der Waals surface area (Å²) in [6, 6.07) is 5.45. The summed E-state index contributed by atoms with van der Waals surface area (Å²) >= 11 is 0. The average molecular weight is 473 g/mol. The monoisotopic (exact) mass is 472 g/mol. The number of hydrogen-bond donors (Lipinski definition) is 2. The molecule has 3 N–H and O–H groups in total. The Hall–Kier alpha value is -3.63. The van der Waals surface area contributed by atoms with E-state index in [0.29, 0.717) is 30.2 Å². The van der Waals surface area contributed by atoms with Gasteiger partial charge in [0.15, 0.2) is 5.82 Å². The van der Waals surface area contributed by atoms with Gasteiger partial charge >= 0.3 is 0 Å². The van der Waals surface area contributed by atoms with Crippen LogP contribution in [0, 0.1) is 6.92 Å². The molecule has 0 spiro atoms. The first-order valence-electron chi connectivity index (χ1n) is 11.0. The lowest BCUT2D eigenvalue weighted by molar-refractivity contribution is -0.127. The number of hydrogen-bond acceptors (Lipinski definition) is 7. The molecule has 11 heteroatoms. The second-order valence-corrected chi connectivity index (χ2v) is 8.25. The molecule has 0 bridgehead atoms. The third-order valence-electron chi connectivity index (χ3n) is 5.26. The maximum Gasteiger partial charge on any atom is 0.244 e. The Morgan fingerprint density at radius 2 is 2.00 bits per heavy atom. The molecule has 1 fully saturated rings. The number of anilines is 2. The van der Waals surface area contributed by atoms with Crippen LogP contribution in [-0.4, -0.2) is 62.2 Å². The van der Waals surface area contributed by atoms with E-state index in [1.807, 2.05) is 45.2 Å². The molecule has 34 heavy (non-hydrogen) atoms. The Kier molecular flexibility index (Phi) is 7.75. The van der Waals surface area contributed by atoms with Crippen LogP contribution in [0.1, 0.15) is 39.3 Å². The molecule has 1 aliphatic heterocycles. The quantitative estimate of drug-likeness (QED) is 0.541. The lowest BCUT2D eigenvalue weighted by atomic mass is 10.1. The van der Waals surface area contributed by atoms with Gasteiger partial charge in [-0.3, -0.25) is 14.8 Å². The van der Waals surface area contributed by atoms with Crippen LogP contribution in [0.5, 0.6) is 0 Å².